The molecule has 0 aromatic heterocycles. The number of hydrogen-bond donors (Lipinski definition) is 2. The van der Waals surface area contributed by atoms with Crippen molar-refractivity contribution in [2.75, 3.05) is 20.3 Å². The van der Waals surface area contributed by atoms with Crippen LogP contribution in [0.3, 0.4) is 0 Å². The Hall–Kier alpha value is -3.56. The van der Waals surface area contributed by atoms with Crippen molar-refractivity contribution in [2.45, 2.75) is 12.1 Å². The molecule has 2 heterocycles. The van der Waals surface area contributed by atoms with E-state index in [9.17, 15) is 24.3 Å². The van der Waals surface area contributed by atoms with Gasteiger partial charge in [0.05, 0.1) is 7.11 Å². The van der Waals surface area contributed by atoms with Crippen LogP contribution >= 0.6 is 0 Å². The molecule has 2 aliphatic rings. The topological polar surface area (TPSA) is 131 Å². The second kappa shape index (κ2) is 7.36. The van der Waals surface area contributed by atoms with Gasteiger partial charge in [-0.1, -0.05) is 18.2 Å². The number of carbonyl (C=O) groups is 4. The van der Waals surface area contributed by atoms with Crippen LogP contribution in [0.15, 0.2) is 41.8 Å². The Morgan fingerprint density at radius 1 is 1.30 bits per heavy atom. The Morgan fingerprint density at radius 3 is 2.63 bits per heavy atom. The molecule has 0 saturated carbocycles. The first kappa shape index (κ1) is 18.2. The molecule has 10 heteroatoms. The highest BCUT2D eigenvalue weighted by atomic mass is 16.6. The molecule has 142 valence electrons. The molecule has 0 spiro atoms. The van der Waals surface area contributed by atoms with Crippen LogP contribution in [0.2, 0.25) is 0 Å². The number of nitrogens with zero attached hydrogens (tertiary/aromatic N) is 1. The van der Waals surface area contributed by atoms with Gasteiger partial charge >= 0.3 is 11.9 Å². The number of rotatable bonds is 6. The monoisotopic (exact) mass is 376 g/mol. The number of ether oxygens (including phenoxy) is 3. The normalized spacial score (nSPS) is 20.8. The fourth-order valence-corrected chi connectivity index (χ4v) is 2.83. The van der Waals surface area contributed by atoms with Gasteiger partial charge in [0.1, 0.15) is 24.4 Å². The summed E-state index contributed by atoms with van der Waals surface area (Å²) in [6.07, 6.45) is 0. The van der Waals surface area contributed by atoms with E-state index in [1.807, 2.05) is 0 Å². The zero-order chi connectivity index (χ0) is 19.6. The molecule has 1 fully saturated rings. The Morgan fingerprint density at radius 2 is 2.00 bits per heavy atom. The molecule has 0 bridgehead atoms. The predicted molar refractivity (Wildman–Crippen MR) is 87.1 cm³/mol. The van der Waals surface area contributed by atoms with Crippen LogP contribution in [-0.4, -0.2) is 66.2 Å². The van der Waals surface area contributed by atoms with Gasteiger partial charge in [0, 0.05) is 0 Å². The van der Waals surface area contributed by atoms with Crippen molar-refractivity contribution >= 4 is 23.8 Å². The number of hydrogen-bond acceptors (Lipinski definition) is 7. The molecule has 1 aromatic carbocycles. The molecule has 1 aromatic rings. The van der Waals surface area contributed by atoms with Gasteiger partial charge < -0.3 is 24.6 Å². The van der Waals surface area contributed by atoms with Crippen molar-refractivity contribution in [2.24, 2.45) is 0 Å². The first-order chi connectivity index (χ1) is 12.9. The van der Waals surface area contributed by atoms with E-state index in [4.69, 9.17) is 9.47 Å². The van der Waals surface area contributed by atoms with E-state index in [2.05, 4.69) is 10.1 Å². The number of para-hydroxylation sites is 1. The number of carbonyl (C=O) groups excluding carboxylic acids is 3. The lowest BCUT2D eigenvalue weighted by Gasteiger charge is -2.48. The fourth-order valence-electron chi connectivity index (χ4n) is 2.83. The third kappa shape index (κ3) is 3.41. The van der Waals surface area contributed by atoms with Gasteiger partial charge in [0.25, 0.3) is 11.8 Å². The van der Waals surface area contributed by atoms with Gasteiger partial charge in [0.15, 0.2) is 12.3 Å². The lowest BCUT2D eigenvalue weighted by molar-refractivity contribution is -0.163. The quantitative estimate of drug-likeness (QED) is 0.490. The second-order valence-electron chi connectivity index (χ2n) is 5.71. The number of β-lactam (4-membered cyclic amide) rings is 1. The second-order valence-corrected chi connectivity index (χ2v) is 5.71. The number of fused-ring (bicyclic) bond motifs is 1. The summed E-state index contributed by atoms with van der Waals surface area (Å²) < 4.78 is 14.9. The van der Waals surface area contributed by atoms with Crippen molar-refractivity contribution in [3.8, 4) is 5.75 Å². The van der Waals surface area contributed by atoms with Crippen molar-refractivity contribution in [3.63, 3.8) is 0 Å². The maximum absolute atomic E-state index is 12.3. The Bertz CT molecular complexity index is 819. The first-order valence-electron chi connectivity index (χ1n) is 7.93. The molecule has 2 amide bonds. The number of methoxy groups -OCH3 is 1. The molecule has 0 radical (unpaired) electrons. The van der Waals surface area contributed by atoms with Gasteiger partial charge in [-0.2, -0.15) is 0 Å². The highest BCUT2D eigenvalue weighted by molar-refractivity contribution is 6.05. The average molecular weight is 376 g/mol. The summed E-state index contributed by atoms with van der Waals surface area (Å²) in [5.41, 5.74) is -0.603. The largest absolute Gasteiger partial charge is 0.484 e. The van der Waals surface area contributed by atoms with E-state index < -0.39 is 47.3 Å². The van der Waals surface area contributed by atoms with Crippen LogP contribution in [-0.2, 0) is 28.7 Å². The molecular weight excluding hydrogens is 360 g/mol. The summed E-state index contributed by atoms with van der Waals surface area (Å²) in [6, 6.07) is 6.95. The summed E-state index contributed by atoms with van der Waals surface area (Å²) >= 11 is 0. The SMILES string of the molecule is COC(=O)C1=C(C(=O)O)N2C(=O)[C@@H](NC(=O)COc3ccccc3)[C@H]2CO1. The number of carboxylic acid groups (broad SMARTS) is 1. The summed E-state index contributed by atoms with van der Waals surface area (Å²) in [5, 5.41) is 11.8. The highest BCUT2D eigenvalue weighted by Gasteiger charge is 2.55. The van der Waals surface area contributed by atoms with Crippen molar-refractivity contribution in [1.82, 2.24) is 10.2 Å². The molecule has 1 saturated heterocycles. The fraction of sp³-hybridized carbons (Fsp3) is 0.294. The van der Waals surface area contributed by atoms with Gasteiger partial charge in [-0.05, 0) is 12.1 Å². The van der Waals surface area contributed by atoms with Crippen molar-refractivity contribution in [3.05, 3.63) is 41.8 Å². The molecule has 2 aliphatic heterocycles. The van der Waals surface area contributed by atoms with E-state index in [-0.39, 0.29) is 13.2 Å². The molecule has 2 atom stereocenters. The minimum atomic E-state index is -1.51. The molecule has 0 aliphatic carbocycles. The lowest BCUT2D eigenvalue weighted by Crippen LogP contribution is -2.73. The highest BCUT2D eigenvalue weighted by Crippen LogP contribution is 2.33. The Labute approximate surface area is 153 Å². The number of benzene rings is 1. The van der Waals surface area contributed by atoms with Crippen LogP contribution in [0, 0.1) is 0 Å². The van der Waals surface area contributed by atoms with Crippen LogP contribution in [0.5, 0.6) is 5.75 Å². The van der Waals surface area contributed by atoms with Crippen molar-refractivity contribution in [1.29, 1.82) is 0 Å². The Kier molecular flexibility index (Phi) is 4.97. The number of esters is 1. The number of carboxylic acids is 1. The van der Waals surface area contributed by atoms with E-state index in [1.54, 1.807) is 30.3 Å². The van der Waals surface area contributed by atoms with Gasteiger partial charge in [-0.3, -0.25) is 14.5 Å². The summed E-state index contributed by atoms with van der Waals surface area (Å²) in [5.74, 6) is -3.76. The maximum Gasteiger partial charge on any atom is 0.375 e. The van der Waals surface area contributed by atoms with Gasteiger partial charge in [-0.25, -0.2) is 9.59 Å². The minimum absolute atomic E-state index is 0.155. The van der Waals surface area contributed by atoms with E-state index in [1.165, 1.54) is 0 Å². The number of nitrogens with one attached hydrogen (secondary N) is 1. The van der Waals surface area contributed by atoms with Crippen LogP contribution in [0.1, 0.15) is 0 Å². The zero-order valence-electron chi connectivity index (χ0n) is 14.2. The van der Waals surface area contributed by atoms with Crippen LogP contribution < -0.4 is 10.1 Å². The first-order valence-corrected chi connectivity index (χ1v) is 7.93. The van der Waals surface area contributed by atoms with E-state index in [0.717, 1.165) is 12.0 Å². The van der Waals surface area contributed by atoms with Gasteiger partial charge in [-0.15, -0.1) is 0 Å². The molecule has 27 heavy (non-hydrogen) atoms. The standard InChI is InChI=1S/C17H16N2O8/c1-25-17(24)14-13(16(22)23)19-10(7-27-14)12(15(19)21)18-11(20)8-26-9-5-3-2-4-6-9/h2-6,10,12H,7-8H2,1H3,(H,18,20)(H,22,23)/t10-,12+/m1/s1. The van der Waals surface area contributed by atoms with E-state index in [0.29, 0.717) is 5.75 Å². The van der Waals surface area contributed by atoms with Crippen molar-refractivity contribution < 1.29 is 38.5 Å². The van der Waals surface area contributed by atoms with Gasteiger partial charge in [0.2, 0.25) is 5.76 Å². The third-order valence-corrected chi connectivity index (χ3v) is 4.08. The Balaban J connectivity index is 1.65. The zero-order valence-corrected chi connectivity index (χ0v) is 14.2. The predicted octanol–water partition coefficient (Wildman–Crippen LogP) is -0.740. The molecule has 2 N–H and O–H groups in total. The third-order valence-electron chi connectivity index (χ3n) is 4.08. The summed E-state index contributed by atoms with van der Waals surface area (Å²) in [7, 11) is 1.07. The lowest BCUT2D eigenvalue weighted by atomic mass is 9.92. The molecular formula is C17H16N2O8. The van der Waals surface area contributed by atoms with E-state index >= 15 is 0 Å². The smallest absolute Gasteiger partial charge is 0.375 e. The van der Waals surface area contributed by atoms with Crippen LogP contribution in [0.4, 0.5) is 0 Å². The molecule has 3 rings (SSSR count). The average Bonchev–Trinajstić information content (AvgIpc) is 2.69. The summed E-state index contributed by atoms with van der Waals surface area (Å²) in [4.78, 5) is 48.4. The molecule has 0 unspecified atom stereocenters. The summed E-state index contributed by atoms with van der Waals surface area (Å²) in [6.45, 7) is -0.464. The van der Waals surface area contributed by atoms with Crippen LogP contribution in [0.25, 0.3) is 0 Å². The number of amides is 2. The maximum atomic E-state index is 12.3. The number of aliphatic carboxylic acids is 1. The molecule has 10 nitrogen and oxygen atoms in total. The minimum Gasteiger partial charge on any atom is -0.484 e.